The molecule has 1 saturated carbocycles. The average Bonchev–Trinajstić information content (AvgIpc) is 2.98. The summed E-state index contributed by atoms with van der Waals surface area (Å²) in [6.07, 6.45) is 3.34. The monoisotopic (exact) mass is 328 g/mol. The highest BCUT2D eigenvalue weighted by Gasteiger charge is 2.25. The molecule has 1 aromatic carbocycles. The molecule has 1 fully saturated rings. The second kappa shape index (κ2) is 6.75. The molecule has 2 N–H and O–H groups in total. The van der Waals surface area contributed by atoms with Crippen molar-refractivity contribution in [3.63, 3.8) is 0 Å². The zero-order chi connectivity index (χ0) is 15.5. The highest BCUT2D eigenvalue weighted by molar-refractivity contribution is 7.89. The molecular formula is C14H17ClN2O3S. The summed E-state index contributed by atoms with van der Waals surface area (Å²) < 4.78 is 26.7. The molecule has 1 atom stereocenters. The van der Waals surface area contributed by atoms with Gasteiger partial charge in [-0.3, -0.25) is 0 Å². The molecule has 0 heterocycles. The maximum absolute atomic E-state index is 12.2. The molecule has 0 bridgehead atoms. The smallest absolute Gasteiger partial charge is 0.242 e. The molecular weight excluding hydrogens is 312 g/mol. The summed E-state index contributed by atoms with van der Waals surface area (Å²) in [4.78, 5) is -0.0817. The van der Waals surface area contributed by atoms with Gasteiger partial charge in [-0.15, -0.1) is 0 Å². The van der Waals surface area contributed by atoms with Gasteiger partial charge in [-0.25, -0.2) is 13.1 Å². The van der Waals surface area contributed by atoms with Crippen LogP contribution in [-0.4, -0.2) is 26.2 Å². The SMILES string of the molecule is N#Cc1ccc(S(=O)(=O)NC[C@@H](O)C2CCCC2)c(Cl)c1. The van der Waals surface area contributed by atoms with Gasteiger partial charge in [-0.05, 0) is 37.0 Å². The van der Waals surface area contributed by atoms with Crippen molar-refractivity contribution in [1.29, 1.82) is 5.26 Å². The topological polar surface area (TPSA) is 90.2 Å². The Balaban J connectivity index is 2.06. The average molecular weight is 329 g/mol. The van der Waals surface area contributed by atoms with Gasteiger partial charge in [-0.1, -0.05) is 24.4 Å². The molecule has 0 radical (unpaired) electrons. The number of aliphatic hydroxyl groups is 1. The summed E-state index contributed by atoms with van der Waals surface area (Å²) in [5, 5.41) is 18.8. The zero-order valence-electron chi connectivity index (χ0n) is 11.4. The van der Waals surface area contributed by atoms with Crippen LogP contribution in [0.3, 0.4) is 0 Å². The predicted octanol–water partition coefficient (Wildman–Crippen LogP) is 2.04. The molecule has 0 unspecified atom stereocenters. The van der Waals surface area contributed by atoms with Crippen LogP contribution in [0.2, 0.25) is 5.02 Å². The second-order valence-corrected chi connectivity index (χ2v) is 7.36. The predicted molar refractivity (Wildman–Crippen MR) is 79.3 cm³/mol. The van der Waals surface area contributed by atoms with E-state index in [1.165, 1.54) is 18.2 Å². The van der Waals surface area contributed by atoms with Crippen LogP contribution in [-0.2, 0) is 10.0 Å². The summed E-state index contributed by atoms with van der Waals surface area (Å²) >= 11 is 5.90. The third-order valence-corrected chi connectivity index (χ3v) is 5.68. The Morgan fingerprint density at radius 2 is 2.10 bits per heavy atom. The lowest BCUT2D eigenvalue weighted by atomic mass is 10.0. The van der Waals surface area contributed by atoms with Crippen molar-refractivity contribution in [2.24, 2.45) is 5.92 Å². The molecule has 0 amide bonds. The van der Waals surface area contributed by atoms with Crippen molar-refractivity contribution >= 4 is 21.6 Å². The summed E-state index contributed by atoms with van der Waals surface area (Å²) in [6.45, 7) is -0.0245. The highest BCUT2D eigenvalue weighted by Crippen LogP contribution is 2.28. The van der Waals surface area contributed by atoms with Crippen LogP contribution < -0.4 is 4.72 Å². The number of nitrogens with one attached hydrogen (secondary N) is 1. The maximum Gasteiger partial charge on any atom is 0.242 e. The quantitative estimate of drug-likeness (QED) is 0.865. The standard InChI is InChI=1S/C14H17ClN2O3S/c15-12-7-10(8-16)5-6-14(12)21(19,20)17-9-13(18)11-3-1-2-4-11/h5-7,11,13,17-18H,1-4,9H2/t13-/m1/s1. The molecule has 114 valence electrons. The van der Waals surface area contributed by atoms with E-state index in [1.54, 1.807) is 0 Å². The van der Waals surface area contributed by atoms with Crippen LogP contribution in [0.4, 0.5) is 0 Å². The largest absolute Gasteiger partial charge is 0.391 e. The molecule has 0 aliphatic heterocycles. The lowest BCUT2D eigenvalue weighted by Crippen LogP contribution is -2.35. The Morgan fingerprint density at radius 1 is 1.43 bits per heavy atom. The van der Waals surface area contributed by atoms with Gasteiger partial charge in [0.15, 0.2) is 0 Å². The Labute approximate surface area is 129 Å². The van der Waals surface area contributed by atoms with Gasteiger partial charge in [0.1, 0.15) is 4.90 Å². The second-order valence-electron chi connectivity index (χ2n) is 5.22. The van der Waals surface area contributed by atoms with Crippen molar-refractivity contribution in [1.82, 2.24) is 4.72 Å². The Bertz CT molecular complexity index is 649. The number of hydrogen-bond donors (Lipinski definition) is 2. The van der Waals surface area contributed by atoms with Crippen LogP contribution in [0.15, 0.2) is 23.1 Å². The van der Waals surface area contributed by atoms with Crippen LogP contribution >= 0.6 is 11.6 Å². The molecule has 7 heteroatoms. The minimum atomic E-state index is -3.79. The van der Waals surface area contributed by atoms with Crippen molar-refractivity contribution in [3.8, 4) is 6.07 Å². The van der Waals surface area contributed by atoms with Crippen LogP contribution in [0.25, 0.3) is 0 Å². The van der Waals surface area contributed by atoms with Crippen LogP contribution in [0.5, 0.6) is 0 Å². The fraction of sp³-hybridized carbons (Fsp3) is 0.500. The van der Waals surface area contributed by atoms with Gasteiger partial charge in [0, 0.05) is 6.54 Å². The number of benzene rings is 1. The summed E-state index contributed by atoms with van der Waals surface area (Å²) in [5.41, 5.74) is 0.296. The van der Waals surface area contributed by atoms with E-state index in [0.717, 1.165) is 25.7 Å². The molecule has 1 aliphatic rings. The van der Waals surface area contributed by atoms with E-state index >= 15 is 0 Å². The molecule has 5 nitrogen and oxygen atoms in total. The minimum Gasteiger partial charge on any atom is -0.391 e. The maximum atomic E-state index is 12.2. The molecule has 1 aromatic rings. The fourth-order valence-electron chi connectivity index (χ4n) is 2.57. The Morgan fingerprint density at radius 3 is 2.67 bits per heavy atom. The molecule has 21 heavy (non-hydrogen) atoms. The molecule has 2 rings (SSSR count). The normalized spacial score (nSPS) is 17.6. The summed E-state index contributed by atoms with van der Waals surface area (Å²) in [7, 11) is -3.79. The van der Waals surface area contributed by atoms with Gasteiger partial charge >= 0.3 is 0 Å². The van der Waals surface area contributed by atoms with E-state index in [4.69, 9.17) is 16.9 Å². The number of hydrogen-bond acceptors (Lipinski definition) is 4. The Hall–Kier alpha value is -1.13. The number of halogens is 1. The van der Waals surface area contributed by atoms with Crippen molar-refractivity contribution in [3.05, 3.63) is 28.8 Å². The van der Waals surface area contributed by atoms with E-state index in [1.807, 2.05) is 6.07 Å². The van der Waals surface area contributed by atoms with Gasteiger partial charge in [-0.2, -0.15) is 5.26 Å². The lowest BCUT2D eigenvalue weighted by Gasteiger charge is -2.18. The van der Waals surface area contributed by atoms with Crippen molar-refractivity contribution < 1.29 is 13.5 Å². The number of rotatable bonds is 5. The first kappa shape index (κ1) is 16.2. The lowest BCUT2D eigenvalue weighted by molar-refractivity contribution is 0.115. The minimum absolute atomic E-state index is 0.00286. The zero-order valence-corrected chi connectivity index (χ0v) is 13.0. The first-order valence-corrected chi connectivity index (χ1v) is 8.67. The molecule has 0 spiro atoms. The van der Waals surface area contributed by atoms with Crippen molar-refractivity contribution in [2.45, 2.75) is 36.7 Å². The third kappa shape index (κ3) is 3.95. The van der Waals surface area contributed by atoms with Crippen molar-refractivity contribution in [2.75, 3.05) is 6.54 Å². The van der Waals surface area contributed by atoms with Gasteiger partial charge in [0.25, 0.3) is 0 Å². The highest BCUT2D eigenvalue weighted by atomic mass is 35.5. The first-order chi connectivity index (χ1) is 9.94. The van der Waals surface area contributed by atoms with E-state index in [9.17, 15) is 13.5 Å². The fourth-order valence-corrected chi connectivity index (χ4v) is 4.16. The van der Waals surface area contributed by atoms with Gasteiger partial charge in [0.2, 0.25) is 10.0 Å². The van der Waals surface area contributed by atoms with E-state index in [2.05, 4.69) is 4.72 Å². The molecule has 1 aliphatic carbocycles. The van der Waals surface area contributed by atoms with Gasteiger partial charge in [0.05, 0.1) is 22.8 Å². The van der Waals surface area contributed by atoms with Crippen LogP contribution in [0.1, 0.15) is 31.2 Å². The van der Waals surface area contributed by atoms with E-state index in [0.29, 0.717) is 5.56 Å². The summed E-state index contributed by atoms with van der Waals surface area (Å²) in [6, 6.07) is 5.90. The number of nitriles is 1. The number of sulfonamides is 1. The molecule has 0 saturated heterocycles. The van der Waals surface area contributed by atoms with E-state index < -0.39 is 16.1 Å². The van der Waals surface area contributed by atoms with Crippen LogP contribution in [0, 0.1) is 17.2 Å². The third-order valence-electron chi connectivity index (χ3n) is 3.78. The number of aliphatic hydroxyl groups excluding tert-OH is 1. The van der Waals surface area contributed by atoms with Gasteiger partial charge < -0.3 is 5.11 Å². The Kier molecular flexibility index (Phi) is 5.22. The van der Waals surface area contributed by atoms with E-state index in [-0.39, 0.29) is 22.4 Å². The summed E-state index contributed by atoms with van der Waals surface area (Å²) in [5.74, 6) is 0.157. The number of nitrogens with zero attached hydrogens (tertiary/aromatic N) is 1. The molecule has 0 aromatic heterocycles. The first-order valence-electron chi connectivity index (χ1n) is 6.81.